The molecule has 2 aliphatic rings. The van der Waals surface area contributed by atoms with Crippen LogP contribution in [-0.2, 0) is 29.0 Å². The first-order valence-corrected chi connectivity index (χ1v) is 9.61. The second kappa shape index (κ2) is 7.01. The lowest BCUT2D eigenvalue weighted by Crippen LogP contribution is -3.13. The molecule has 1 aromatic heterocycles. The molecule has 134 valence electrons. The number of carbonyl (C=O) groups is 3. The maximum atomic E-state index is 12.6. The number of quaternary nitrogens is 1. The van der Waals surface area contributed by atoms with Crippen molar-refractivity contribution in [1.82, 2.24) is 9.80 Å². The molecule has 0 aliphatic carbocycles. The van der Waals surface area contributed by atoms with Gasteiger partial charge in [-0.3, -0.25) is 14.5 Å². The normalized spacial score (nSPS) is 20.0. The van der Waals surface area contributed by atoms with Crippen molar-refractivity contribution in [3.8, 4) is 0 Å². The van der Waals surface area contributed by atoms with Crippen LogP contribution in [-0.4, -0.2) is 47.4 Å². The zero-order chi connectivity index (χ0) is 18.1. The van der Waals surface area contributed by atoms with Gasteiger partial charge in [0.1, 0.15) is 6.54 Å². The number of hydrogen-bond acceptors (Lipinski definition) is 4. The number of fused-ring (bicyclic) bond motifs is 1. The first-order valence-electron chi connectivity index (χ1n) is 8.73. The van der Waals surface area contributed by atoms with Crippen LogP contribution in [0.15, 0.2) is 41.8 Å². The second-order valence-electron chi connectivity index (χ2n) is 6.66. The molecule has 7 heteroatoms. The van der Waals surface area contributed by atoms with Crippen LogP contribution in [0.4, 0.5) is 4.79 Å². The molecule has 0 saturated carbocycles. The Morgan fingerprint density at radius 3 is 2.50 bits per heavy atom. The molecule has 3 heterocycles. The summed E-state index contributed by atoms with van der Waals surface area (Å²) < 4.78 is 0. The minimum absolute atomic E-state index is 0.243. The fourth-order valence-electron chi connectivity index (χ4n) is 3.57. The molecule has 0 spiro atoms. The van der Waals surface area contributed by atoms with Gasteiger partial charge in [-0.25, -0.2) is 9.69 Å². The van der Waals surface area contributed by atoms with Gasteiger partial charge in [0.05, 0.1) is 6.54 Å². The third-order valence-corrected chi connectivity index (χ3v) is 5.92. The largest absolute Gasteiger partial charge is 0.338 e. The van der Waals surface area contributed by atoms with E-state index >= 15 is 0 Å². The zero-order valence-electron chi connectivity index (χ0n) is 14.3. The lowest BCUT2D eigenvalue weighted by Gasteiger charge is -2.28. The topological polar surface area (TPSA) is 62.1 Å². The standard InChI is InChI=1S/C19H19N3O3S/c23-17-18(24)22(19(25)21(17)10-8-16-6-3-11-26-16)13-20-9-7-14-4-1-2-5-15(14)12-20/h1-6,11H,7-10,12-13H2/p+1. The average molecular weight is 370 g/mol. The summed E-state index contributed by atoms with van der Waals surface area (Å²) in [6.45, 7) is 2.10. The Kier molecular flexibility index (Phi) is 4.57. The molecular weight excluding hydrogens is 350 g/mol. The van der Waals surface area contributed by atoms with E-state index in [0.717, 1.165) is 39.1 Å². The van der Waals surface area contributed by atoms with Crippen LogP contribution in [0.5, 0.6) is 0 Å². The average Bonchev–Trinajstić information content (AvgIpc) is 3.24. The van der Waals surface area contributed by atoms with Gasteiger partial charge in [-0.1, -0.05) is 30.3 Å². The summed E-state index contributed by atoms with van der Waals surface area (Å²) in [5.41, 5.74) is 2.57. The van der Waals surface area contributed by atoms with E-state index < -0.39 is 17.8 Å². The summed E-state index contributed by atoms with van der Waals surface area (Å²) >= 11 is 1.58. The Labute approximate surface area is 155 Å². The van der Waals surface area contributed by atoms with Crippen molar-refractivity contribution in [2.24, 2.45) is 0 Å². The highest BCUT2D eigenvalue weighted by atomic mass is 32.1. The van der Waals surface area contributed by atoms with Crippen molar-refractivity contribution >= 4 is 29.2 Å². The molecule has 4 amide bonds. The Hall–Kier alpha value is -2.51. The molecule has 2 aliphatic heterocycles. The fraction of sp³-hybridized carbons (Fsp3) is 0.316. The number of carbonyl (C=O) groups excluding carboxylic acids is 3. The van der Waals surface area contributed by atoms with Crippen LogP contribution in [0.3, 0.4) is 0 Å². The van der Waals surface area contributed by atoms with Gasteiger partial charge >= 0.3 is 17.8 Å². The predicted molar refractivity (Wildman–Crippen MR) is 96.5 cm³/mol. The van der Waals surface area contributed by atoms with E-state index in [4.69, 9.17) is 0 Å². The van der Waals surface area contributed by atoms with Gasteiger partial charge in [0.25, 0.3) is 0 Å². The molecule has 26 heavy (non-hydrogen) atoms. The molecular formula is C19H20N3O3S+. The van der Waals surface area contributed by atoms with E-state index in [1.54, 1.807) is 11.3 Å². The number of urea groups is 1. The van der Waals surface area contributed by atoms with Gasteiger partial charge in [-0.05, 0) is 17.0 Å². The van der Waals surface area contributed by atoms with E-state index in [9.17, 15) is 14.4 Å². The van der Waals surface area contributed by atoms with Crippen molar-refractivity contribution in [3.05, 3.63) is 57.8 Å². The quantitative estimate of drug-likeness (QED) is 0.622. The Morgan fingerprint density at radius 2 is 1.73 bits per heavy atom. The third kappa shape index (κ3) is 3.15. The van der Waals surface area contributed by atoms with E-state index in [2.05, 4.69) is 12.1 Å². The Bertz CT molecular complexity index is 849. The van der Waals surface area contributed by atoms with Gasteiger partial charge < -0.3 is 4.90 Å². The van der Waals surface area contributed by atoms with Crippen LogP contribution in [0.2, 0.25) is 0 Å². The summed E-state index contributed by atoms with van der Waals surface area (Å²) in [4.78, 5) is 41.6. The number of amides is 4. The number of imide groups is 2. The number of nitrogens with zero attached hydrogens (tertiary/aromatic N) is 2. The Morgan fingerprint density at radius 1 is 0.962 bits per heavy atom. The number of nitrogens with one attached hydrogen (secondary N) is 1. The molecule has 1 unspecified atom stereocenters. The van der Waals surface area contributed by atoms with Gasteiger partial charge in [0.2, 0.25) is 0 Å². The summed E-state index contributed by atoms with van der Waals surface area (Å²) in [6.07, 6.45) is 1.50. The van der Waals surface area contributed by atoms with Crippen LogP contribution in [0, 0.1) is 0 Å². The number of rotatable bonds is 5. The van der Waals surface area contributed by atoms with Crippen LogP contribution in [0.25, 0.3) is 0 Å². The second-order valence-corrected chi connectivity index (χ2v) is 7.69. The minimum Gasteiger partial charge on any atom is -0.313 e. The minimum atomic E-state index is -0.705. The zero-order valence-corrected chi connectivity index (χ0v) is 15.1. The molecule has 2 aromatic rings. The first kappa shape index (κ1) is 16.9. The van der Waals surface area contributed by atoms with E-state index in [1.807, 2.05) is 29.6 Å². The van der Waals surface area contributed by atoms with Crippen molar-refractivity contribution in [2.45, 2.75) is 19.4 Å². The van der Waals surface area contributed by atoms with Crippen molar-refractivity contribution in [3.63, 3.8) is 0 Å². The Balaban J connectivity index is 1.41. The highest BCUT2D eigenvalue weighted by molar-refractivity contribution is 7.09. The molecule has 1 fully saturated rings. The SMILES string of the molecule is O=C1C(=O)N(C[NH+]2CCc3ccccc3C2)C(=O)N1CCc1cccs1. The third-order valence-electron chi connectivity index (χ3n) is 4.99. The maximum Gasteiger partial charge on any atom is 0.338 e. The predicted octanol–water partition coefficient (Wildman–Crippen LogP) is 0.680. The molecule has 6 nitrogen and oxygen atoms in total. The molecule has 1 saturated heterocycles. The van der Waals surface area contributed by atoms with E-state index in [0.29, 0.717) is 6.42 Å². The summed E-state index contributed by atoms with van der Waals surface area (Å²) in [6, 6.07) is 11.6. The van der Waals surface area contributed by atoms with Gasteiger partial charge in [-0.15, -0.1) is 11.3 Å². The van der Waals surface area contributed by atoms with Gasteiger partial charge in [0, 0.05) is 29.8 Å². The number of thiophene rings is 1. The lowest BCUT2D eigenvalue weighted by molar-refractivity contribution is -0.923. The molecule has 0 radical (unpaired) electrons. The lowest BCUT2D eigenvalue weighted by atomic mass is 10.0. The molecule has 1 N–H and O–H groups in total. The summed E-state index contributed by atoms with van der Waals surface area (Å²) in [5.74, 6) is -1.41. The van der Waals surface area contributed by atoms with Crippen LogP contribution < -0.4 is 4.90 Å². The van der Waals surface area contributed by atoms with Gasteiger partial charge in [0.15, 0.2) is 6.67 Å². The molecule has 0 bridgehead atoms. The van der Waals surface area contributed by atoms with Crippen molar-refractivity contribution in [2.75, 3.05) is 19.8 Å². The summed E-state index contributed by atoms with van der Waals surface area (Å²) in [7, 11) is 0. The monoisotopic (exact) mass is 370 g/mol. The van der Waals surface area contributed by atoms with E-state index in [1.165, 1.54) is 11.1 Å². The highest BCUT2D eigenvalue weighted by Crippen LogP contribution is 2.15. The summed E-state index contributed by atoms with van der Waals surface area (Å²) in [5, 5.41) is 1.96. The molecule has 1 aromatic carbocycles. The molecule has 4 rings (SSSR count). The van der Waals surface area contributed by atoms with Crippen LogP contribution >= 0.6 is 11.3 Å². The first-order chi connectivity index (χ1) is 12.6. The molecule has 1 atom stereocenters. The highest BCUT2D eigenvalue weighted by Gasteiger charge is 2.46. The van der Waals surface area contributed by atoms with E-state index in [-0.39, 0.29) is 13.2 Å². The van der Waals surface area contributed by atoms with Crippen molar-refractivity contribution < 1.29 is 19.3 Å². The van der Waals surface area contributed by atoms with Gasteiger partial charge in [-0.2, -0.15) is 0 Å². The van der Waals surface area contributed by atoms with Crippen LogP contribution in [0.1, 0.15) is 16.0 Å². The smallest absolute Gasteiger partial charge is 0.313 e. The maximum absolute atomic E-state index is 12.6. The van der Waals surface area contributed by atoms with Crippen molar-refractivity contribution in [1.29, 1.82) is 0 Å². The number of benzene rings is 1. The fourth-order valence-corrected chi connectivity index (χ4v) is 4.26. The number of hydrogen-bond donors (Lipinski definition) is 1.